The van der Waals surface area contributed by atoms with Crippen LogP contribution in [0, 0.1) is 17.2 Å². The number of anilines is 3. The predicted octanol–water partition coefficient (Wildman–Crippen LogP) is 3.85. The molecular formula is C24H29N5O3. The molecule has 1 saturated heterocycles. The van der Waals surface area contributed by atoms with Crippen molar-refractivity contribution in [2.45, 2.75) is 51.0 Å². The third-order valence-electron chi connectivity index (χ3n) is 6.24. The molecule has 1 aromatic carbocycles. The van der Waals surface area contributed by atoms with E-state index in [1.54, 1.807) is 12.4 Å². The van der Waals surface area contributed by atoms with Crippen molar-refractivity contribution in [3.05, 3.63) is 42.0 Å². The summed E-state index contributed by atoms with van der Waals surface area (Å²) < 4.78 is 5.59. The van der Waals surface area contributed by atoms with Crippen LogP contribution in [0.4, 0.5) is 17.1 Å². The Morgan fingerprint density at radius 1 is 1.31 bits per heavy atom. The number of aromatic nitrogens is 2. The molecule has 0 atom stereocenters. The number of ether oxygens (including phenoxy) is 1. The largest absolute Gasteiger partial charge is 0.481 e. The van der Waals surface area contributed by atoms with Gasteiger partial charge in [0.15, 0.2) is 0 Å². The molecule has 2 fully saturated rings. The van der Waals surface area contributed by atoms with Gasteiger partial charge in [-0.2, -0.15) is 5.26 Å². The zero-order valence-electron chi connectivity index (χ0n) is 18.5. The lowest BCUT2D eigenvalue weighted by Crippen LogP contribution is -2.42. The molecule has 2 aliphatic rings. The number of aliphatic carboxylic acids is 1. The summed E-state index contributed by atoms with van der Waals surface area (Å²) in [6, 6.07) is 8.24. The second-order valence-corrected chi connectivity index (χ2v) is 9.04. The Labute approximate surface area is 188 Å². The van der Waals surface area contributed by atoms with E-state index in [0.717, 1.165) is 49.5 Å². The summed E-state index contributed by atoms with van der Waals surface area (Å²) in [6.07, 6.45) is 6.36. The molecule has 0 amide bonds. The Balaban J connectivity index is 1.75. The molecule has 32 heavy (non-hydrogen) atoms. The molecule has 0 radical (unpaired) electrons. The maximum absolute atomic E-state index is 11.9. The molecule has 168 valence electrons. The number of carbonyl (C=O) groups is 1. The number of benzene rings is 1. The van der Waals surface area contributed by atoms with Crippen LogP contribution in [0.3, 0.4) is 0 Å². The van der Waals surface area contributed by atoms with Crippen molar-refractivity contribution in [1.29, 1.82) is 5.26 Å². The fourth-order valence-electron chi connectivity index (χ4n) is 4.38. The van der Waals surface area contributed by atoms with E-state index in [2.05, 4.69) is 34.0 Å². The molecule has 1 aliphatic heterocycles. The van der Waals surface area contributed by atoms with Crippen LogP contribution in [0.2, 0.25) is 0 Å². The zero-order valence-corrected chi connectivity index (χ0v) is 18.5. The van der Waals surface area contributed by atoms with Gasteiger partial charge in [-0.3, -0.25) is 4.79 Å². The minimum absolute atomic E-state index is 0.107. The first-order valence-electron chi connectivity index (χ1n) is 11.1. The van der Waals surface area contributed by atoms with E-state index in [4.69, 9.17) is 10.00 Å². The van der Waals surface area contributed by atoms with Crippen LogP contribution < -0.4 is 10.2 Å². The third-order valence-corrected chi connectivity index (χ3v) is 6.24. The first-order valence-corrected chi connectivity index (χ1v) is 11.1. The molecule has 2 heterocycles. The monoisotopic (exact) mass is 435 g/mol. The number of hydrogen-bond acceptors (Lipinski definition) is 7. The quantitative estimate of drug-likeness (QED) is 0.643. The van der Waals surface area contributed by atoms with Crippen LogP contribution in [0.1, 0.15) is 50.9 Å². The molecule has 8 nitrogen and oxygen atoms in total. The van der Waals surface area contributed by atoms with Crippen LogP contribution >= 0.6 is 0 Å². The lowest BCUT2D eigenvalue weighted by molar-refractivity contribution is -0.140. The lowest BCUT2D eigenvalue weighted by Gasteiger charge is -2.38. The van der Waals surface area contributed by atoms with Gasteiger partial charge in [0.1, 0.15) is 6.07 Å². The summed E-state index contributed by atoms with van der Waals surface area (Å²) in [7, 11) is 0. The summed E-state index contributed by atoms with van der Waals surface area (Å²) in [5, 5.41) is 22.2. The van der Waals surface area contributed by atoms with E-state index in [0.29, 0.717) is 30.5 Å². The minimum Gasteiger partial charge on any atom is -0.481 e. The maximum atomic E-state index is 11.9. The van der Waals surface area contributed by atoms with Crippen LogP contribution in [0.25, 0.3) is 0 Å². The first-order chi connectivity index (χ1) is 15.4. The Hall–Kier alpha value is -3.18. The first kappa shape index (κ1) is 22.0. The number of rotatable bonds is 8. The second-order valence-electron chi connectivity index (χ2n) is 9.04. The van der Waals surface area contributed by atoms with Crippen LogP contribution in [0.5, 0.6) is 0 Å². The third kappa shape index (κ3) is 4.53. The summed E-state index contributed by atoms with van der Waals surface area (Å²) in [5.74, 6) is -0.213. The van der Waals surface area contributed by atoms with Gasteiger partial charge in [0.2, 0.25) is 5.82 Å². The van der Waals surface area contributed by atoms with E-state index < -0.39 is 11.4 Å². The summed E-state index contributed by atoms with van der Waals surface area (Å²) in [6.45, 7) is 6.77. The molecule has 0 unspecified atom stereocenters. The average molecular weight is 436 g/mol. The normalized spacial score (nSPS) is 17.6. The molecular weight excluding hydrogens is 406 g/mol. The Morgan fingerprint density at radius 2 is 2.00 bits per heavy atom. The van der Waals surface area contributed by atoms with Gasteiger partial charge in [-0.15, -0.1) is 0 Å². The molecule has 8 heteroatoms. The van der Waals surface area contributed by atoms with Crippen LogP contribution in [-0.4, -0.2) is 46.8 Å². The van der Waals surface area contributed by atoms with Crippen molar-refractivity contribution in [1.82, 2.24) is 9.97 Å². The zero-order chi connectivity index (χ0) is 22.7. The van der Waals surface area contributed by atoms with Crippen molar-refractivity contribution < 1.29 is 14.6 Å². The molecule has 1 aromatic heterocycles. The Morgan fingerprint density at radius 3 is 2.56 bits per heavy atom. The van der Waals surface area contributed by atoms with Crippen molar-refractivity contribution in [2.75, 3.05) is 30.0 Å². The van der Waals surface area contributed by atoms with Gasteiger partial charge in [-0.05, 0) is 49.3 Å². The highest BCUT2D eigenvalue weighted by Gasteiger charge is 2.52. The van der Waals surface area contributed by atoms with Crippen molar-refractivity contribution >= 4 is 23.0 Å². The van der Waals surface area contributed by atoms with E-state index in [1.807, 2.05) is 24.3 Å². The van der Waals surface area contributed by atoms with Gasteiger partial charge in [0, 0.05) is 25.8 Å². The number of nitrogens with one attached hydrogen (secondary N) is 1. The molecule has 0 bridgehead atoms. The number of nitriles is 1. The number of carboxylic acids is 1. The smallest absolute Gasteiger partial charge is 0.314 e. The number of nitrogens with zero attached hydrogens (tertiary/aromatic N) is 4. The second kappa shape index (κ2) is 9.13. The van der Waals surface area contributed by atoms with Gasteiger partial charge in [-0.25, -0.2) is 9.97 Å². The Bertz CT molecular complexity index is 1010. The van der Waals surface area contributed by atoms with Gasteiger partial charge in [-0.1, -0.05) is 19.9 Å². The molecule has 2 aromatic rings. The summed E-state index contributed by atoms with van der Waals surface area (Å²) >= 11 is 0. The topological polar surface area (TPSA) is 111 Å². The number of carboxylic acid groups (broad SMARTS) is 1. The molecule has 0 spiro atoms. The summed E-state index contributed by atoms with van der Waals surface area (Å²) in [4.78, 5) is 22.5. The SMILES string of the molecule is CC(C)CN(c1ccc(C2(C(=O)O)CC2)cc1Nc1cnc(C#N)nc1)C1CCOCC1. The average Bonchev–Trinajstić information content (AvgIpc) is 3.61. The highest BCUT2D eigenvalue weighted by atomic mass is 16.5. The predicted molar refractivity (Wildman–Crippen MR) is 121 cm³/mol. The van der Waals surface area contributed by atoms with E-state index in [-0.39, 0.29) is 5.82 Å². The highest BCUT2D eigenvalue weighted by Crippen LogP contribution is 2.50. The van der Waals surface area contributed by atoms with Gasteiger partial charge in [0.05, 0.1) is 34.9 Å². The molecule has 1 saturated carbocycles. The highest BCUT2D eigenvalue weighted by molar-refractivity contribution is 5.87. The van der Waals surface area contributed by atoms with Crippen molar-refractivity contribution in [3.8, 4) is 6.07 Å². The van der Waals surface area contributed by atoms with E-state index in [1.165, 1.54) is 0 Å². The van der Waals surface area contributed by atoms with E-state index in [9.17, 15) is 9.90 Å². The van der Waals surface area contributed by atoms with Gasteiger partial charge < -0.3 is 20.1 Å². The molecule has 4 rings (SSSR count). The molecule has 1 aliphatic carbocycles. The lowest BCUT2D eigenvalue weighted by atomic mass is 9.94. The molecule has 2 N–H and O–H groups in total. The number of hydrogen-bond donors (Lipinski definition) is 2. The van der Waals surface area contributed by atoms with Gasteiger partial charge in [0.25, 0.3) is 0 Å². The van der Waals surface area contributed by atoms with Crippen LogP contribution in [0.15, 0.2) is 30.6 Å². The maximum Gasteiger partial charge on any atom is 0.314 e. The van der Waals surface area contributed by atoms with Crippen molar-refractivity contribution in [2.24, 2.45) is 5.92 Å². The fraction of sp³-hybridized carbons (Fsp3) is 0.500. The van der Waals surface area contributed by atoms with Crippen molar-refractivity contribution in [3.63, 3.8) is 0 Å². The standard InChI is InChI=1S/C24H29N5O3/c1-16(2)15-29(19-5-9-32-10-6-19)21-4-3-17(24(7-8-24)23(30)31)11-20(21)28-18-13-26-22(12-25)27-14-18/h3-4,11,13-14,16,19,28H,5-10,15H2,1-2H3,(H,30,31). The van der Waals surface area contributed by atoms with E-state index >= 15 is 0 Å². The minimum atomic E-state index is -0.794. The summed E-state index contributed by atoms with van der Waals surface area (Å²) in [5.41, 5.74) is 2.52. The van der Waals surface area contributed by atoms with Gasteiger partial charge >= 0.3 is 5.97 Å². The fourth-order valence-corrected chi connectivity index (χ4v) is 4.38. The Kier molecular flexibility index (Phi) is 6.28. The van der Waals surface area contributed by atoms with Crippen LogP contribution in [-0.2, 0) is 14.9 Å².